The van der Waals surface area contributed by atoms with Crippen LogP contribution in [0, 0.1) is 0 Å². The number of nitrogens with zero attached hydrogens (tertiary/aromatic N) is 2. The summed E-state index contributed by atoms with van der Waals surface area (Å²) >= 11 is 11.9. The molecule has 3 aromatic rings. The first kappa shape index (κ1) is 24.4. The van der Waals surface area contributed by atoms with Crippen molar-refractivity contribution in [2.75, 3.05) is 5.32 Å². The van der Waals surface area contributed by atoms with Crippen LogP contribution in [0.4, 0.5) is 5.69 Å². The number of amides is 1. The van der Waals surface area contributed by atoms with Crippen molar-refractivity contribution in [2.45, 2.75) is 0 Å². The maximum absolute atomic E-state index is 12.6. The zero-order valence-electron chi connectivity index (χ0n) is 16.8. The standard InChI is InChI=1S/C22H17Br2N5O3S/c23-15-5-7-19(30)13(9-15)11-25-28-21(32)17-3-1-2-4-18(17)27-22(33)29-26-12-14-10-16(24)6-8-20(14)31/h1-12,30-31H,(H,28,32)(H2,27,29,33). The molecule has 5 N–H and O–H groups in total. The van der Waals surface area contributed by atoms with E-state index in [1.165, 1.54) is 24.6 Å². The predicted octanol–water partition coefficient (Wildman–Crippen LogP) is 4.71. The lowest BCUT2D eigenvalue weighted by atomic mass is 10.1. The molecule has 0 aliphatic carbocycles. The molecular formula is C22H17Br2N5O3S. The van der Waals surface area contributed by atoms with Gasteiger partial charge in [-0.1, -0.05) is 44.0 Å². The molecule has 33 heavy (non-hydrogen) atoms. The molecule has 0 atom stereocenters. The average molecular weight is 591 g/mol. The second kappa shape index (κ2) is 11.5. The van der Waals surface area contributed by atoms with Gasteiger partial charge in [0.1, 0.15) is 11.5 Å². The predicted molar refractivity (Wildman–Crippen MR) is 140 cm³/mol. The minimum absolute atomic E-state index is 0.0337. The number of para-hydroxylation sites is 1. The van der Waals surface area contributed by atoms with E-state index >= 15 is 0 Å². The largest absolute Gasteiger partial charge is 0.507 e. The van der Waals surface area contributed by atoms with Gasteiger partial charge in [0.15, 0.2) is 5.11 Å². The molecule has 0 aliphatic rings. The molecule has 8 nitrogen and oxygen atoms in total. The number of phenolic OH excluding ortho intramolecular Hbond substituents is 2. The summed E-state index contributed by atoms with van der Waals surface area (Å²) in [6, 6.07) is 16.5. The smallest absolute Gasteiger partial charge is 0.273 e. The maximum Gasteiger partial charge on any atom is 0.273 e. The number of carbonyl (C=O) groups is 1. The summed E-state index contributed by atoms with van der Waals surface area (Å²) in [5, 5.41) is 30.6. The Morgan fingerprint density at radius 3 is 2.00 bits per heavy atom. The zero-order valence-corrected chi connectivity index (χ0v) is 20.8. The van der Waals surface area contributed by atoms with Crippen molar-refractivity contribution in [1.82, 2.24) is 10.9 Å². The van der Waals surface area contributed by atoms with Crippen LogP contribution in [0.1, 0.15) is 21.5 Å². The molecule has 11 heteroatoms. The van der Waals surface area contributed by atoms with E-state index in [1.807, 2.05) is 0 Å². The van der Waals surface area contributed by atoms with Gasteiger partial charge in [-0.3, -0.25) is 10.2 Å². The Bertz CT molecular complexity index is 1250. The maximum atomic E-state index is 12.6. The van der Waals surface area contributed by atoms with Crippen LogP contribution in [-0.2, 0) is 0 Å². The van der Waals surface area contributed by atoms with E-state index < -0.39 is 5.91 Å². The zero-order chi connectivity index (χ0) is 23.8. The van der Waals surface area contributed by atoms with Crippen LogP contribution in [0.15, 0.2) is 79.8 Å². The number of aromatic hydroxyl groups is 2. The average Bonchev–Trinajstić information content (AvgIpc) is 2.78. The van der Waals surface area contributed by atoms with Gasteiger partial charge in [-0.15, -0.1) is 0 Å². The fourth-order valence-electron chi connectivity index (χ4n) is 2.58. The second-order valence-electron chi connectivity index (χ2n) is 6.48. The van der Waals surface area contributed by atoms with Crippen LogP contribution in [0.3, 0.4) is 0 Å². The second-order valence-corrected chi connectivity index (χ2v) is 8.71. The molecule has 0 spiro atoms. The van der Waals surface area contributed by atoms with Crippen molar-refractivity contribution in [3.05, 3.63) is 86.3 Å². The van der Waals surface area contributed by atoms with Crippen LogP contribution in [-0.4, -0.2) is 33.7 Å². The van der Waals surface area contributed by atoms with Crippen molar-refractivity contribution in [3.8, 4) is 11.5 Å². The molecule has 3 aromatic carbocycles. The molecule has 0 bridgehead atoms. The summed E-state index contributed by atoms with van der Waals surface area (Å²) in [5.74, 6) is -0.373. The minimum Gasteiger partial charge on any atom is -0.507 e. The van der Waals surface area contributed by atoms with Crippen molar-refractivity contribution in [1.29, 1.82) is 0 Å². The van der Waals surface area contributed by atoms with E-state index in [-0.39, 0.29) is 16.6 Å². The summed E-state index contributed by atoms with van der Waals surface area (Å²) < 4.78 is 1.56. The van der Waals surface area contributed by atoms with E-state index in [2.05, 4.69) is 58.2 Å². The number of hydrazone groups is 2. The summed E-state index contributed by atoms with van der Waals surface area (Å²) in [6.07, 6.45) is 2.76. The van der Waals surface area contributed by atoms with Crippen LogP contribution in [0.2, 0.25) is 0 Å². The van der Waals surface area contributed by atoms with Gasteiger partial charge in [0, 0.05) is 20.1 Å². The van der Waals surface area contributed by atoms with Gasteiger partial charge in [0.2, 0.25) is 0 Å². The van der Waals surface area contributed by atoms with Crippen molar-refractivity contribution < 1.29 is 15.0 Å². The Morgan fingerprint density at radius 1 is 0.848 bits per heavy atom. The Kier molecular flexibility index (Phi) is 8.52. The third-order valence-corrected chi connectivity index (χ3v) is 5.32. The number of halogens is 2. The lowest BCUT2D eigenvalue weighted by Gasteiger charge is -2.11. The van der Waals surface area contributed by atoms with E-state index in [1.54, 1.807) is 48.5 Å². The Labute approximate surface area is 211 Å². The van der Waals surface area contributed by atoms with Gasteiger partial charge in [0.05, 0.1) is 23.7 Å². The third-order valence-electron chi connectivity index (χ3n) is 4.14. The van der Waals surface area contributed by atoms with Gasteiger partial charge < -0.3 is 15.5 Å². The van der Waals surface area contributed by atoms with Crippen molar-refractivity contribution in [3.63, 3.8) is 0 Å². The first-order valence-corrected chi connectivity index (χ1v) is 11.3. The number of hydrogen-bond acceptors (Lipinski definition) is 6. The van der Waals surface area contributed by atoms with Gasteiger partial charge in [-0.25, -0.2) is 5.43 Å². The Balaban J connectivity index is 1.63. The molecule has 0 aromatic heterocycles. The fourth-order valence-corrected chi connectivity index (χ4v) is 3.50. The summed E-state index contributed by atoms with van der Waals surface area (Å²) in [5.41, 5.74) is 6.73. The highest BCUT2D eigenvalue weighted by atomic mass is 79.9. The summed E-state index contributed by atoms with van der Waals surface area (Å²) in [7, 11) is 0. The molecular weight excluding hydrogens is 574 g/mol. The number of anilines is 1. The normalized spacial score (nSPS) is 11.0. The third kappa shape index (κ3) is 7.11. The lowest BCUT2D eigenvalue weighted by molar-refractivity contribution is 0.0956. The number of nitrogens with one attached hydrogen (secondary N) is 3. The van der Waals surface area contributed by atoms with Gasteiger partial charge in [-0.05, 0) is 60.7 Å². The van der Waals surface area contributed by atoms with Crippen molar-refractivity contribution in [2.24, 2.45) is 10.2 Å². The van der Waals surface area contributed by atoms with Gasteiger partial charge in [-0.2, -0.15) is 10.2 Å². The molecule has 0 saturated heterocycles. The molecule has 0 unspecified atom stereocenters. The highest BCUT2D eigenvalue weighted by Gasteiger charge is 2.11. The number of benzene rings is 3. The number of carbonyl (C=O) groups excluding carboxylic acids is 1. The number of rotatable bonds is 6. The minimum atomic E-state index is -0.478. The quantitative estimate of drug-likeness (QED) is 0.161. The van der Waals surface area contributed by atoms with E-state index in [4.69, 9.17) is 12.2 Å². The summed E-state index contributed by atoms with van der Waals surface area (Å²) in [6.45, 7) is 0. The van der Waals surface area contributed by atoms with Crippen LogP contribution < -0.4 is 16.2 Å². The monoisotopic (exact) mass is 589 g/mol. The number of hydrogen-bond donors (Lipinski definition) is 5. The van der Waals surface area contributed by atoms with E-state index in [0.717, 1.165) is 8.95 Å². The van der Waals surface area contributed by atoms with Crippen molar-refractivity contribution >= 4 is 73.2 Å². The lowest BCUT2D eigenvalue weighted by Crippen LogP contribution is -2.26. The molecule has 0 heterocycles. The Morgan fingerprint density at radius 2 is 1.39 bits per heavy atom. The first-order valence-electron chi connectivity index (χ1n) is 9.33. The highest BCUT2D eigenvalue weighted by molar-refractivity contribution is 9.10. The number of thiocarbonyl (C=S) groups is 1. The van der Waals surface area contributed by atoms with E-state index in [9.17, 15) is 15.0 Å². The first-order chi connectivity index (χ1) is 15.8. The molecule has 1 amide bonds. The molecule has 3 rings (SSSR count). The summed E-state index contributed by atoms with van der Waals surface area (Å²) in [4.78, 5) is 12.6. The van der Waals surface area contributed by atoms with Crippen LogP contribution in [0.5, 0.6) is 11.5 Å². The molecule has 0 saturated carbocycles. The van der Waals surface area contributed by atoms with E-state index in [0.29, 0.717) is 22.4 Å². The molecule has 168 valence electrons. The topological polar surface area (TPSA) is 118 Å². The van der Waals surface area contributed by atoms with Crippen LogP contribution in [0.25, 0.3) is 0 Å². The SMILES string of the molecule is O=C(NN=Cc1cc(Br)ccc1O)c1ccccc1NC(=S)NN=Cc1cc(Br)ccc1O. The van der Waals surface area contributed by atoms with Gasteiger partial charge in [0.25, 0.3) is 5.91 Å². The molecule has 0 radical (unpaired) electrons. The fraction of sp³-hybridized carbons (Fsp3) is 0. The van der Waals surface area contributed by atoms with Gasteiger partial charge >= 0.3 is 0 Å². The molecule has 0 aliphatic heterocycles. The highest BCUT2D eigenvalue weighted by Crippen LogP contribution is 2.21. The van der Waals surface area contributed by atoms with Crippen LogP contribution >= 0.6 is 44.1 Å². The number of phenols is 2. The Hall–Kier alpha value is -3.28. The molecule has 0 fully saturated rings.